The summed E-state index contributed by atoms with van der Waals surface area (Å²) in [6.07, 6.45) is 2.95. The number of rotatable bonds is 7. The molecular weight excluding hydrogens is 436 g/mol. The van der Waals surface area contributed by atoms with Crippen LogP contribution in [0.25, 0.3) is 0 Å². The van der Waals surface area contributed by atoms with Crippen molar-refractivity contribution in [2.24, 2.45) is 10.9 Å². The summed E-state index contributed by atoms with van der Waals surface area (Å²) in [5.41, 5.74) is 1.63. The molecule has 0 fully saturated rings. The first-order valence-electron chi connectivity index (χ1n) is 8.64. The van der Waals surface area contributed by atoms with Gasteiger partial charge in [-0.1, -0.05) is 26.7 Å². The summed E-state index contributed by atoms with van der Waals surface area (Å²) in [5, 5.41) is 6.62. The minimum Gasteiger partial charge on any atom is -0.467 e. The zero-order chi connectivity index (χ0) is 17.4. The standard InChI is InChI=1S/C18H28FN3O2.HI/c1-4-13(5-2)10-22-18(20-3)21-7-6-14-8-16(19)9-15-11-23-12-24-17(14)15;/h8-9,13H,4-7,10-12H2,1-3H3,(H2,20,21,22);1H. The largest absolute Gasteiger partial charge is 0.467 e. The number of nitrogens with zero attached hydrogens (tertiary/aromatic N) is 1. The van der Waals surface area contributed by atoms with Crippen molar-refractivity contribution in [1.82, 2.24) is 10.6 Å². The molecule has 0 aromatic heterocycles. The normalized spacial score (nSPS) is 13.7. The molecule has 0 saturated heterocycles. The summed E-state index contributed by atoms with van der Waals surface area (Å²) in [7, 11) is 1.76. The molecule has 7 heteroatoms. The van der Waals surface area contributed by atoms with Gasteiger partial charge in [-0.05, 0) is 30.0 Å². The van der Waals surface area contributed by atoms with Crippen LogP contribution in [0.2, 0.25) is 0 Å². The van der Waals surface area contributed by atoms with Crippen molar-refractivity contribution >= 4 is 29.9 Å². The van der Waals surface area contributed by atoms with Crippen LogP contribution in [0.15, 0.2) is 17.1 Å². The SMILES string of the molecule is CCC(CC)CNC(=NC)NCCc1cc(F)cc2c1OCOC2.I. The lowest BCUT2D eigenvalue weighted by Gasteiger charge is -2.21. The molecule has 0 unspecified atom stereocenters. The molecule has 0 radical (unpaired) electrons. The molecule has 0 bridgehead atoms. The quantitative estimate of drug-likeness (QED) is 0.368. The Hall–Kier alpha value is -1.09. The third kappa shape index (κ3) is 6.62. The van der Waals surface area contributed by atoms with E-state index in [4.69, 9.17) is 9.47 Å². The van der Waals surface area contributed by atoms with Crippen LogP contribution < -0.4 is 15.4 Å². The number of nitrogens with one attached hydrogen (secondary N) is 2. The molecule has 1 aliphatic rings. The van der Waals surface area contributed by atoms with Crippen molar-refractivity contribution in [3.8, 4) is 5.75 Å². The average Bonchev–Trinajstić information content (AvgIpc) is 2.60. The van der Waals surface area contributed by atoms with Gasteiger partial charge in [-0.3, -0.25) is 4.99 Å². The van der Waals surface area contributed by atoms with Crippen LogP contribution in [0.1, 0.15) is 37.8 Å². The number of ether oxygens (including phenoxy) is 2. The summed E-state index contributed by atoms with van der Waals surface area (Å²) < 4.78 is 24.5. The van der Waals surface area contributed by atoms with Crippen LogP contribution in [0, 0.1) is 11.7 Å². The zero-order valence-corrected chi connectivity index (χ0v) is 17.6. The maximum atomic E-state index is 13.7. The van der Waals surface area contributed by atoms with Crippen LogP contribution in [0.3, 0.4) is 0 Å². The number of guanidine groups is 1. The van der Waals surface area contributed by atoms with Gasteiger partial charge in [0, 0.05) is 25.7 Å². The molecule has 1 aliphatic heterocycles. The summed E-state index contributed by atoms with van der Waals surface area (Å²) in [6, 6.07) is 3.01. The summed E-state index contributed by atoms with van der Waals surface area (Å²) >= 11 is 0. The topological polar surface area (TPSA) is 54.9 Å². The highest BCUT2D eigenvalue weighted by Crippen LogP contribution is 2.29. The molecular formula is C18H29FIN3O2. The average molecular weight is 465 g/mol. The van der Waals surface area contributed by atoms with E-state index in [1.807, 2.05) is 0 Å². The van der Waals surface area contributed by atoms with Gasteiger partial charge in [0.05, 0.1) is 6.61 Å². The molecule has 0 aliphatic carbocycles. The Morgan fingerprint density at radius 3 is 2.72 bits per heavy atom. The lowest BCUT2D eigenvalue weighted by Crippen LogP contribution is -2.40. The van der Waals surface area contributed by atoms with Crippen LogP contribution in [-0.4, -0.2) is 32.9 Å². The Morgan fingerprint density at radius 1 is 1.28 bits per heavy atom. The molecule has 0 atom stereocenters. The zero-order valence-electron chi connectivity index (χ0n) is 15.2. The number of hydrogen-bond donors (Lipinski definition) is 2. The Morgan fingerprint density at radius 2 is 2.04 bits per heavy atom. The molecule has 1 heterocycles. The predicted molar refractivity (Wildman–Crippen MR) is 109 cm³/mol. The highest BCUT2D eigenvalue weighted by Gasteiger charge is 2.16. The summed E-state index contributed by atoms with van der Waals surface area (Å²) in [5.74, 6) is 1.92. The first-order chi connectivity index (χ1) is 11.7. The molecule has 1 aromatic rings. The van der Waals surface area contributed by atoms with E-state index in [-0.39, 0.29) is 36.6 Å². The van der Waals surface area contributed by atoms with E-state index in [1.54, 1.807) is 7.05 Å². The molecule has 2 rings (SSSR count). The van der Waals surface area contributed by atoms with Crippen LogP contribution in [-0.2, 0) is 17.8 Å². The van der Waals surface area contributed by atoms with Gasteiger partial charge in [-0.15, -0.1) is 24.0 Å². The molecule has 0 spiro atoms. The van der Waals surface area contributed by atoms with Crippen LogP contribution >= 0.6 is 24.0 Å². The molecule has 1 aromatic carbocycles. The fourth-order valence-electron chi connectivity index (χ4n) is 2.80. The number of benzene rings is 1. The Bertz CT molecular complexity index is 565. The number of aliphatic imine (C=N–C) groups is 1. The smallest absolute Gasteiger partial charge is 0.190 e. The van der Waals surface area contributed by atoms with Crippen molar-refractivity contribution in [1.29, 1.82) is 0 Å². The minimum atomic E-state index is -0.255. The fourth-order valence-corrected chi connectivity index (χ4v) is 2.80. The Labute approximate surface area is 166 Å². The van der Waals surface area contributed by atoms with Gasteiger partial charge < -0.3 is 20.1 Å². The molecule has 142 valence electrons. The Balaban J connectivity index is 0.00000312. The maximum absolute atomic E-state index is 13.7. The maximum Gasteiger partial charge on any atom is 0.190 e. The fraction of sp³-hybridized carbons (Fsp3) is 0.611. The minimum absolute atomic E-state index is 0. The van der Waals surface area contributed by atoms with E-state index in [1.165, 1.54) is 12.1 Å². The van der Waals surface area contributed by atoms with Gasteiger partial charge in [0.2, 0.25) is 0 Å². The van der Waals surface area contributed by atoms with Gasteiger partial charge in [-0.25, -0.2) is 4.39 Å². The second-order valence-corrected chi connectivity index (χ2v) is 5.98. The van der Waals surface area contributed by atoms with Gasteiger partial charge in [0.1, 0.15) is 11.6 Å². The van der Waals surface area contributed by atoms with Gasteiger partial charge in [0.25, 0.3) is 0 Å². The first-order valence-corrected chi connectivity index (χ1v) is 8.64. The molecule has 2 N–H and O–H groups in total. The third-order valence-corrected chi connectivity index (χ3v) is 4.37. The lowest BCUT2D eigenvalue weighted by molar-refractivity contribution is -0.0172. The predicted octanol–water partition coefficient (Wildman–Crippen LogP) is 3.45. The van der Waals surface area contributed by atoms with E-state index >= 15 is 0 Å². The monoisotopic (exact) mass is 465 g/mol. The number of halogens is 2. The van der Waals surface area contributed by atoms with Gasteiger partial charge in [0.15, 0.2) is 12.8 Å². The van der Waals surface area contributed by atoms with Crippen molar-refractivity contribution in [3.63, 3.8) is 0 Å². The second-order valence-electron chi connectivity index (χ2n) is 5.98. The Kier molecular flexibility index (Phi) is 10.1. The lowest BCUT2D eigenvalue weighted by atomic mass is 10.0. The van der Waals surface area contributed by atoms with Crippen molar-refractivity contribution < 1.29 is 13.9 Å². The van der Waals surface area contributed by atoms with Gasteiger partial charge in [-0.2, -0.15) is 0 Å². The molecule has 5 nitrogen and oxygen atoms in total. The first kappa shape index (κ1) is 22.0. The van der Waals surface area contributed by atoms with Crippen molar-refractivity contribution in [3.05, 3.63) is 29.1 Å². The highest BCUT2D eigenvalue weighted by molar-refractivity contribution is 14.0. The van der Waals surface area contributed by atoms with Crippen molar-refractivity contribution in [2.45, 2.75) is 39.7 Å². The molecule has 0 saturated carbocycles. The van der Waals surface area contributed by atoms with Crippen LogP contribution in [0.4, 0.5) is 4.39 Å². The van der Waals surface area contributed by atoms with E-state index < -0.39 is 0 Å². The summed E-state index contributed by atoms with van der Waals surface area (Å²) in [6.45, 7) is 6.57. The van der Waals surface area contributed by atoms with E-state index in [2.05, 4.69) is 29.5 Å². The highest BCUT2D eigenvalue weighted by atomic mass is 127. The van der Waals surface area contributed by atoms with Crippen LogP contribution in [0.5, 0.6) is 5.75 Å². The van der Waals surface area contributed by atoms with Crippen molar-refractivity contribution in [2.75, 3.05) is 26.9 Å². The van der Waals surface area contributed by atoms with E-state index in [0.29, 0.717) is 25.5 Å². The van der Waals surface area contributed by atoms with Gasteiger partial charge >= 0.3 is 0 Å². The second kappa shape index (κ2) is 11.5. The van der Waals surface area contributed by atoms with E-state index in [0.717, 1.165) is 42.2 Å². The molecule has 25 heavy (non-hydrogen) atoms. The number of fused-ring (bicyclic) bond motifs is 1. The number of hydrogen-bond acceptors (Lipinski definition) is 3. The summed E-state index contributed by atoms with van der Waals surface area (Å²) in [4.78, 5) is 4.23. The third-order valence-electron chi connectivity index (χ3n) is 4.37. The molecule has 0 amide bonds. The van der Waals surface area contributed by atoms with E-state index in [9.17, 15) is 4.39 Å².